The normalized spacial score (nSPS) is 18.5. The van der Waals surface area contributed by atoms with Crippen molar-refractivity contribution in [3.05, 3.63) is 0 Å². The van der Waals surface area contributed by atoms with Gasteiger partial charge in [-0.15, -0.1) is 0 Å². The van der Waals surface area contributed by atoms with E-state index in [2.05, 4.69) is 24.3 Å². The first-order chi connectivity index (χ1) is 7.10. The molecule has 0 radical (unpaired) electrons. The highest BCUT2D eigenvalue weighted by Crippen LogP contribution is 2.06. The predicted molar refractivity (Wildman–Crippen MR) is 64.2 cm³/mol. The van der Waals surface area contributed by atoms with Crippen LogP contribution in [0.25, 0.3) is 0 Å². The summed E-state index contributed by atoms with van der Waals surface area (Å²) in [4.78, 5) is 13.8. The smallest absolute Gasteiger partial charge is 0.133 e. The number of aldehydes is 1. The van der Waals surface area contributed by atoms with Crippen molar-refractivity contribution in [3.63, 3.8) is 0 Å². The number of nitrogens with zero attached hydrogens (tertiary/aromatic N) is 2. The molecule has 0 saturated carbocycles. The van der Waals surface area contributed by atoms with Crippen molar-refractivity contribution in [1.82, 2.24) is 15.1 Å². The monoisotopic (exact) mass is 215 g/mol. The average Bonchev–Trinajstić information content (AvgIpc) is 2.20. The number of nitrogens with one attached hydrogen (secondary N) is 1. The third kappa shape index (κ3) is 8.54. The van der Waals surface area contributed by atoms with Gasteiger partial charge in [0.15, 0.2) is 0 Å². The Morgan fingerprint density at radius 3 is 2.20 bits per heavy atom. The van der Waals surface area contributed by atoms with Crippen LogP contribution in [0.3, 0.4) is 0 Å². The lowest BCUT2D eigenvalue weighted by atomic mass is 10.1. The van der Waals surface area contributed by atoms with Crippen LogP contribution in [0.4, 0.5) is 0 Å². The lowest BCUT2D eigenvalue weighted by molar-refractivity contribution is -0.108. The van der Waals surface area contributed by atoms with E-state index in [1.807, 2.05) is 19.0 Å². The van der Waals surface area contributed by atoms with Gasteiger partial charge in [0.05, 0.1) is 6.54 Å². The molecule has 1 fully saturated rings. The molecule has 0 aromatic rings. The topological polar surface area (TPSA) is 35.6 Å². The molecule has 4 heteroatoms. The molecule has 0 amide bonds. The highest BCUT2D eigenvalue weighted by molar-refractivity contribution is 5.51. The zero-order chi connectivity index (χ0) is 11.7. The molecule has 1 aliphatic heterocycles. The van der Waals surface area contributed by atoms with Crippen molar-refractivity contribution in [3.8, 4) is 0 Å². The van der Waals surface area contributed by atoms with Gasteiger partial charge >= 0.3 is 0 Å². The first-order valence-electron chi connectivity index (χ1n) is 5.54. The van der Waals surface area contributed by atoms with Gasteiger partial charge in [0.25, 0.3) is 0 Å². The number of hydrogen-bond acceptors (Lipinski definition) is 4. The minimum atomic E-state index is 0.528. The molecule has 0 aromatic heterocycles. The Hall–Kier alpha value is -0.450. The number of carbonyl (C=O) groups excluding carboxylic acids is 1. The van der Waals surface area contributed by atoms with Gasteiger partial charge in [0.2, 0.25) is 0 Å². The van der Waals surface area contributed by atoms with Crippen LogP contribution in [0, 0.1) is 0 Å². The van der Waals surface area contributed by atoms with Crippen molar-refractivity contribution < 1.29 is 4.79 Å². The summed E-state index contributed by atoms with van der Waals surface area (Å²) in [6, 6.07) is 0.779. The maximum Gasteiger partial charge on any atom is 0.133 e. The van der Waals surface area contributed by atoms with E-state index in [1.54, 1.807) is 0 Å². The second-order valence-electron chi connectivity index (χ2n) is 4.30. The van der Waals surface area contributed by atoms with Crippen LogP contribution in [0.1, 0.15) is 12.8 Å². The molecule has 1 saturated heterocycles. The fourth-order valence-electron chi connectivity index (χ4n) is 1.45. The van der Waals surface area contributed by atoms with E-state index in [9.17, 15) is 4.79 Å². The molecule has 4 nitrogen and oxygen atoms in total. The summed E-state index contributed by atoms with van der Waals surface area (Å²) >= 11 is 0. The Kier molecular flexibility index (Phi) is 8.56. The van der Waals surface area contributed by atoms with Gasteiger partial charge < -0.3 is 19.9 Å². The van der Waals surface area contributed by atoms with Crippen LogP contribution in [0.2, 0.25) is 0 Å². The van der Waals surface area contributed by atoms with E-state index in [1.165, 1.54) is 25.9 Å². The number of likely N-dealkylation sites (tertiary alicyclic amines) is 1. The highest BCUT2D eigenvalue weighted by Gasteiger charge is 2.13. The van der Waals surface area contributed by atoms with Crippen LogP contribution in [-0.2, 0) is 4.79 Å². The second-order valence-corrected chi connectivity index (χ2v) is 4.30. The molecule has 1 rings (SSSR count). The number of rotatable bonds is 3. The van der Waals surface area contributed by atoms with Crippen LogP contribution >= 0.6 is 0 Å². The summed E-state index contributed by atoms with van der Waals surface area (Å²) in [6.45, 7) is 3.04. The molecule has 1 N–H and O–H groups in total. The van der Waals surface area contributed by atoms with Crippen molar-refractivity contribution in [1.29, 1.82) is 0 Å². The minimum Gasteiger partial charge on any atom is -0.317 e. The van der Waals surface area contributed by atoms with Gasteiger partial charge in [-0.05, 0) is 54.1 Å². The van der Waals surface area contributed by atoms with E-state index >= 15 is 0 Å². The molecule has 0 aliphatic carbocycles. The predicted octanol–water partition coefficient (Wildman–Crippen LogP) is 0.0469. The molecule has 1 aliphatic rings. The summed E-state index contributed by atoms with van der Waals surface area (Å²) in [5.41, 5.74) is 0. The fraction of sp³-hybridized carbons (Fsp3) is 0.909. The number of piperidine rings is 1. The van der Waals surface area contributed by atoms with Crippen LogP contribution in [0.15, 0.2) is 0 Å². The van der Waals surface area contributed by atoms with E-state index in [0.29, 0.717) is 6.54 Å². The van der Waals surface area contributed by atoms with E-state index < -0.39 is 0 Å². The molecule has 1 heterocycles. The van der Waals surface area contributed by atoms with Gasteiger partial charge in [0.1, 0.15) is 6.29 Å². The second kappa shape index (κ2) is 8.83. The van der Waals surface area contributed by atoms with Crippen molar-refractivity contribution >= 4 is 6.29 Å². The molecule has 0 spiro atoms. The molecular weight excluding hydrogens is 190 g/mol. The average molecular weight is 215 g/mol. The van der Waals surface area contributed by atoms with Gasteiger partial charge in [-0.1, -0.05) is 0 Å². The van der Waals surface area contributed by atoms with E-state index in [0.717, 1.165) is 12.3 Å². The van der Waals surface area contributed by atoms with E-state index in [4.69, 9.17) is 0 Å². The van der Waals surface area contributed by atoms with Crippen molar-refractivity contribution in [2.45, 2.75) is 18.9 Å². The summed E-state index contributed by atoms with van der Waals surface area (Å²) in [5, 5.41) is 3.30. The molecule has 0 bridgehead atoms. The van der Waals surface area contributed by atoms with Gasteiger partial charge in [-0.3, -0.25) is 0 Å². The van der Waals surface area contributed by atoms with Crippen molar-refractivity contribution in [2.75, 3.05) is 47.8 Å². The van der Waals surface area contributed by atoms with Crippen molar-refractivity contribution in [2.24, 2.45) is 0 Å². The SMILES string of the molecule is CN(C)CC=O.CNC1CCN(C)CC1. The van der Waals surface area contributed by atoms with Crippen LogP contribution < -0.4 is 5.32 Å². The Balaban J connectivity index is 0.000000288. The number of hydrogen-bond donors (Lipinski definition) is 1. The molecule has 0 aromatic carbocycles. The molecular formula is C11H25N3O. The minimum absolute atomic E-state index is 0.528. The Labute approximate surface area is 93.6 Å². The van der Waals surface area contributed by atoms with Gasteiger partial charge in [-0.2, -0.15) is 0 Å². The summed E-state index contributed by atoms with van der Waals surface area (Å²) in [6.07, 6.45) is 3.50. The van der Waals surface area contributed by atoms with Gasteiger partial charge in [0, 0.05) is 6.04 Å². The molecule has 0 unspecified atom stereocenters. The van der Waals surface area contributed by atoms with Crippen LogP contribution in [-0.4, -0.2) is 70.0 Å². The standard InChI is InChI=1S/C7H16N2.C4H9NO/c1-8-7-3-5-9(2)6-4-7;1-5(2)3-4-6/h7-8H,3-6H2,1-2H3;4H,3H2,1-2H3. The Bertz CT molecular complexity index is 154. The quantitative estimate of drug-likeness (QED) is 0.675. The third-order valence-corrected chi connectivity index (χ3v) is 2.57. The Morgan fingerprint density at radius 2 is 1.93 bits per heavy atom. The zero-order valence-corrected chi connectivity index (χ0v) is 10.5. The lowest BCUT2D eigenvalue weighted by Crippen LogP contribution is -2.39. The molecule has 90 valence electrons. The zero-order valence-electron chi connectivity index (χ0n) is 10.5. The lowest BCUT2D eigenvalue weighted by Gasteiger charge is -2.28. The van der Waals surface area contributed by atoms with Crippen LogP contribution in [0.5, 0.6) is 0 Å². The first kappa shape index (κ1) is 14.6. The Morgan fingerprint density at radius 1 is 1.40 bits per heavy atom. The highest BCUT2D eigenvalue weighted by atomic mass is 16.1. The van der Waals surface area contributed by atoms with E-state index in [-0.39, 0.29) is 0 Å². The number of likely N-dealkylation sites (N-methyl/N-ethyl adjacent to an activating group) is 1. The summed E-state index contributed by atoms with van der Waals surface area (Å²) < 4.78 is 0. The largest absolute Gasteiger partial charge is 0.317 e. The maximum absolute atomic E-state index is 9.57. The first-order valence-corrected chi connectivity index (χ1v) is 5.54. The third-order valence-electron chi connectivity index (χ3n) is 2.57. The summed E-state index contributed by atoms with van der Waals surface area (Å²) in [7, 11) is 7.95. The fourth-order valence-corrected chi connectivity index (χ4v) is 1.45. The number of carbonyl (C=O) groups is 1. The maximum atomic E-state index is 9.57. The van der Waals surface area contributed by atoms with Gasteiger partial charge in [-0.25, -0.2) is 0 Å². The molecule has 15 heavy (non-hydrogen) atoms. The molecule has 0 atom stereocenters. The summed E-state index contributed by atoms with van der Waals surface area (Å²) in [5.74, 6) is 0.